The van der Waals surface area contributed by atoms with Crippen LogP contribution in [0.3, 0.4) is 0 Å². The van der Waals surface area contributed by atoms with Crippen molar-refractivity contribution in [3.05, 3.63) is 63.7 Å². The predicted molar refractivity (Wildman–Crippen MR) is 78.4 cm³/mol. The van der Waals surface area contributed by atoms with Crippen LogP contribution in [0.15, 0.2) is 42.5 Å². The van der Waals surface area contributed by atoms with Crippen LogP contribution in [0.2, 0.25) is 0 Å². The summed E-state index contributed by atoms with van der Waals surface area (Å²) in [5.74, 6) is -2.26. The van der Waals surface area contributed by atoms with E-state index in [9.17, 15) is 24.8 Å². The summed E-state index contributed by atoms with van der Waals surface area (Å²) in [6.45, 7) is 0. The molecule has 0 aliphatic carbocycles. The van der Waals surface area contributed by atoms with Gasteiger partial charge in [-0.3, -0.25) is 14.9 Å². The largest absolute Gasteiger partial charge is 0.545 e. The number of nitro groups is 1. The van der Waals surface area contributed by atoms with E-state index in [2.05, 4.69) is 5.32 Å². The number of hydrogen-bond acceptors (Lipinski definition) is 6. The van der Waals surface area contributed by atoms with Crippen molar-refractivity contribution in [1.82, 2.24) is 0 Å². The molecule has 8 nitrogen and oxygen atoms in total. The highest BCUT2D eigenvalue weighted by molar-refractivity contribution is 6.12. The van der Waals surface area contributed by atoms with Crippen molar-refractivity contribution < 1.29 is 24.4 Å². The lowest BCUT2D eigenvalue weighted by Gasteiger charge is -2.13. The number of nitrogens with zero attached hydrogens (tertiary/aromatic N) is 1. The molecule has 118 valence electrons. The Morgan fingerprint density at radius 3 is 2.43 bits per heavy atom. The first-order valence-electron chi connectivity index (χ1n) is 6.38. The van der Waals surface area contributed by atoms with E-state index in [1.807, 2.05) is 0 Å². The Kier molecular flexibility index (Phi) is 4.55. The van der Waals surface area contributed by atoms with Crippen LogP contribution in [0, 0.1) is 10.1 Å². The second-order valence-corrected chi connectivity index (χ2v) is 4.40. The molecule has 2 rings (SSSR count). The summed E-state index contributed by atoms with van der Waals surface area (Å²) in [5.41, 5.74) is -1.55. The molecule has 1 amide bonds. The topological polar surface area (TPSA) is 122 Å². The molecule has 0 saturated heterocycles. The fourth-order valence-electron chi connectivity index (χ4n) is 2.03. The van der Waals surface area contributed by atoms with E-state index in [0.29, 0.717) is 11.4 Å². The number of carbonyl (C=O) groups is 2. The molecule has 0 aromatic heterocycles. The Labute approximate surface area is 130 Å². The van der Waals surface area contributed by atoms with Crippen LogP contribution in [-0.4, -0.2) is 23.9 Å². The summed E-state index contributed by atoms with van der Waals surface area (Å²) in [5, 5.41) is 24.6. The average molecular weight is 315 g/mol. The van der Waals surface area contributed by atoms with Crippen molar-refractivity contribution in [2.75, 3.05) is 12.4 Å². The van der Waals surface area contributed by atoms with Crippen molar-refractivity contribution in [2.45, 2.75) is 0 Å². The molecule has 0 unspecified atom stereocenters. The molecule has 0 saturated carbocycles. The average Bonchev–Trinajstić information content (AvgIpc) is 2.54. The van der Waals surface area contributed by atoms with E-state index in [4.69, 9.17) is 4.74 Å². The summed E-state index contributed by atoms with van der Waals surface area (Å²) in [6, 6.07) is 9.87. The zero-order chi connectivity index (χ0) is 17.0. The van der Waals surface area contributed by atoms with Crippen LogP contribution in [0.4, 0.5) is 11.4 Å². The maximum atomic E-state index is 12.3. The number of rotatable bonds is 5. The van der Waals surface area contributed by atoms with Gasteiger partial charge >= 0.3 is 0 Å². The third-order valence-electron chi connectivity index (χ3n) is 3.04. The first kappa shape index (κ1) is 16.0. The molecule has 8 heteroatoms. The molecule has 0 fully saturated rings. The number of ether oxygens (including phenoxy) is 1. The highest BCUT2D eigenvalue weighted by atomic mass is 16.6. The highest BCUT2D eigenvalue weighted by Gasteiger charge is 2.23. The highest BCUT2D eigenvalue weighted by Crippen LogP contribution is 2.26. The van der Waals surface area contributed by atoms with Gasteiger partial charge in [0.2, 0.25) is 0 Å². The minimum atomic E-state index is -1.80. The molecule has 0 heterocycles. The third-order valence-corrected chi connectivity index (χ3v) is 3.04. The van der Waals surface area contributed by atoms with Crippen molar-refractivity contribution in [2.24, 2.45) is 0 Å². The number of nitro benzene ring substituents is 1. The van der Waals surface area contributed by atoms with Crippen molar-refractivity contribution >= 4 is 23.3 Å². The molecule has 2 aromatic carbocycles. The Bertz CT molecular complexity index is 787. The van der Waals surface area contributed by atoms with Gasteiger partial charge in [-0.25, -0.2) is 0 Å². The van der Waals surface area contributed by atoms with Gasteiger partial charge in [-0.2, -0.15) is 0 Å². The zero-order valence-electron chi connectivity index (χ0n) is 11.9. The van der Waals surface area contributed by atoms with Gasteiger partial charge in [0.05, 0.1) is 34.8 Å². The molecule has 0 aliphatic heterocycles. The second kappa shape index (κ2) is 6.56. The van der Waals surface area contributed by atoms with Gasteiger partial charge in [-0.05, 0) is 18.2 Å². The lowest BCUT2D eigenvalue weighted by molar-refractivity contribution is -0.385. The third kappa shape index (κ3) is 3.26. The summed E-state index contributed by atoms with van der Waals surface area (Å²) in [4.78, 5) is 33.5. The maximum Gasteiger partial charge on any atom is 0.279 e. The van der Waals surface area contributed by atoms with E-state index in [1.54, 1.807) is 24.3 Å². The summed E-state index contributed by atoms with van der Waals surface area (Å²) in [6.07, 6.45) is 0. The maximum absolute atomic E-state index is 12.3. The number of methoxy groups -OCH3 is 1. The minimum Gasteiger partial charge on any atom is -0.545 e. The Morgan fingerprint density at radius 2 is 1.83 bits per heavy atom. The molecule has 0 radical (unpaired) electrons. The van der Waals surface area contributed by atoms with Crippen molar-refractivity contribution in [1.29, 1.82) is 0 Å². The van der Waals surface area contributed by atoms with Gasteiger partial charge in [-0.1, -0.05) is 18.2 Å². The Balaban J connectivity index is 2.46. The Hall–Kier alpha value is -3.42. The van der Waals surface area contributed by atoms with Crippen molar-refractivity contribution in [3.8, 4) is 5.75 Å². The lowest BCUT2D eigenvalue weighted by atomic mass is 10.0. The molecule has 0 bridgehead atoms. The van der Waals surface area contributed by atoms with E-state index in [-0.39, 0.29) is 5.56 Å². The lowest BCUT2D eigenvalue weighted by Crippen LogP contribution is -2.27. The minimum absolute atomic E-state index is 0.302. The molecule has 0 spiro atoms. The number of hydrogen-bond donors (Lipinski definition) is 1. The molecule has 23 heavy (non-hydrogen) atoms. The second-order valence-electron chi connectivity index (χ2n) is 4.40. The number of benzene rings is 2. The monoisotopic (exact) mass is 315 g/mol. The fraction of sp³-hybridized carbons (Fsp3) is 0.0667. The number of carboxylic acids is 1. The number of aromatic carboxylic acids is 1. The molecular formula is C15H11N2O6-. The first-order valence-corrected chi connectivity index (χ1v) is 6.38. The molecule has 0 atom stereocenters. The predicted octanol–water partition coefficient (Wildman–Crippen LogP) is 1.22. The van der Waals surface area contributed by atoms with Crippen LogP contribution in [0.1, 0.15) is 20.7 Å². The molecular weight excluding hydrogens is 304 g/mol. The van der Waals surface area contributed by atoms with Crippen LogP contribution in [0.25, 0.3) is 0 Å². The van der Waals surface area contributed by atoms with Gasteiger partial charge in [0.1, 0.15) is 5.75 Å². The standard InChI is InChI=1S/C15H12N2O6/c1-23-12-8-3-2-6-10(12)16-14(18)9-5-4-7-11(17(21)22)13(9)15(19)20/h2-8H,1H3,(H,16,18)(H,19,20)/p-1. The van der Waals surface area contributed by atoms with E-state index in [1.165, 1.54) is 19.2 Å². The zero-order valence-corrected chi connectivity index (χ0v) is 11.9. The van der Waals surface area contributed by atoms with E-state index >= 15 is 0 Å². The van der Waals surface area contributed by atoms with Crippen LogP contribution in [-0.2, 0) is 0 Å². The van der Waals surface area contributed by atoms with Gasteiger partial charge in [0, 0.05) is 6.07 Å². The normalized spacial score (nSPS) is 9.96. The van der Waals surface area contributed by atoms with Crippen LogP contribution in [0.5, 0.6) is 5.75 Å². The van der Waals surface area contributed by atoms with Gasteiger partial charge in [-0.15, -0.1) is 0 Å². The van der Waals surface area contributed by atoms with Gasteiger partial charge in [0.25, 0.3) is 11.6 Å². The number of nitrogens with one attached hydrogen (secondary N) is 1. The fourth-order valence-corrected chi connectivity index (χ4v) is 2.03. The summed E-state index contributed by atoms with van der Waals surface area (Å²) >= 11 is 0. The van der Waals surface area contributed by atoms with Gasteiger partial charge in [0.15, 0.2) is 0 Å². The SMILES string of the molecule is COc1ccccc1NC(=O)c1cccc([N+](=O)[O-])c1C(=O)[O-]. The smallest absolute Gasteiger partial charge is 0.279 e. The molecule has 1 N–H and O–H groups in total. The van der Waals surface area contributed by atoms with Crippen LogP contribution < -0.4 is 15.2 Å². The first-order chi connectivity index (χ1) is 11.0. The summed E-state index contributed by atoms with van der Waals surface area (Å²) < 4.78 is 5.07. The quantitative estimate of drug-likeness (QED) is 0.654. The van der Waals surface area contributed by atoms with E-state index in [0.717, 1.165) is 6.07 Å². The molecule has 0 aliphatic rings. The van der Waals surface area contributed by atoms with Gasteiger partial charge < -0.3 is 20.0 Å². The molecule has 2 aromatic rings. The Morgan fingerprint density at radius 1 is 1.13 bits per heavy atom. The number of carbonyl (C=O) groups excluding carboxylic acids is 2. The number of amides is 1. The number of carboxylic acid groups (broad SMARTS) is 1. The van der Waals surface area contributed by atoms with Crippen LogP contribution >= 0.6 is 0 Å². The number of anilines is 1. The number of para-hydroxylation sites is 2. The summed E-state index contributed by atoms with van der Waals surface area (Å²) in [7, 11) is 1.41. The van der Waals surface area contributed by atoms with Crippen molar-refractivity contribution in [3.63, 3.8) is 0 Å². The van der Waals surface area contributed by atoms with E-state index < -0.39 is 28.1 Å².